The Morgan fingerprint density at radius 3 is 2.66 bits per heavy atom. The van der Waals surface area contributed by atoms with Gasteiger partial charge in [-0.3, -0.25) is 14.4 Å². The van der Waals surface area contributed by atoms with Gasteiger partial charge in [-0.1, -0.05) is 6.42 Å². The highest BCUT2D eigenvalue weighted by Crippen LogP contribution is 2.31. The van der Waals surface area contributed by atoms with Crippen molar-refractivity contribution >= 4 is 18.3 Å². The van der Waals surface area contributed by atoms with Crippen LogP contribution in [-0.4, -0.2) is 83.9 Å². The monoisotopic (exact) mass is 424 g/mol. The summed E-state index contributed by atoms with van der Waals surface area (Å²) in [6.45, 7) is 7.31. The summed E-state index contributed by atoms with van der Waals surface area (Å²) < 4.78 is 1.97. The van der Waals surface area contributed by atoms with E-state index in [1.807, 2.05) is 16.9 Å². The fourth-order valence-corrected chi connectivity index (χ4v) is 5.06. The Morgan fingerprint density at radius 2 is 1.97 bits per heavy atom. The minimum atomic E-state index is -0.0298. The summed E-state index contributed by atoms with van der Waals surface area (Å²) in [5, 5.41) is 11.2. The van der Waals surface area contributed by atoms with Gasteiger partial charge in [0.2, 0.25) is 0 Å². The second kappa shape index (κ2) is 10.2. The number of carbonyl (C=O) groups excluding carboxylic acids is 1. The topological polar surface area (TPSA) is 65.4 Å². The summed E-state index contributed by atoms with van der Waals surface area (Å²) in [6, 6.07) is 2.23. The minimum Gasteiger partial charge on any atom is -0.349 e. The smallest absolute Gasteiger partial charge is 0.271 e. The van der Waals surface area contributed by atoms with Crippen LogP contribution in [0.1, 0.15) is 61.5 Å². The van der Waals surface area contributed by atoms with Gasteiger partial charge >= 0.3 is 0 Å². The Bertz CT molecular complexity index is 645. The molecular formula is C21H37ClN6O. The molecule has 0 bridgehead atoms. The van der Waals surface area contributed by atoms with E-state index in [1.54, 1.807) is 0 Å². The molecule has 1 unspecified atom stereocenters. The lowest BCUT2D eigenvalue weighted by Crippen LogP contribution is -2.61. The fourth-order valence-electron chi connectivity index (χ4n) is 5.06. The van der Waals surface area contributed by atoms with Crippen LogP contribution >= 0.6 is 12.4 Å². The summed E-state index contributed by atoms with van der Waals surface area (Å²) >= 11 is 0. The van der Waals surface area contributed by atoms with E-state index in [2.05, 4.69) is 32.6 Å². The van der Waals surface area contributed by atoms with Crippen LogP contribution in [0.4, 0.5) is 0 Å². The SMILES string of the molecule is CN1CCC(CNC(=O)c2ccn(C3CCCNC3)n2)(N2CCCCC2)CC1.Cl. The zero-order valence-corrected chi connectivity index (χ0v) is 18.6. The molecule has 3 aliphatic heterocycles. The Balaban J connectivity index is 0.00000240. The van der Waals surface area contributed by atoms with Gasteiger partial charge in [-0.05, 0) is 84.4 Å². The molecule has 0 radical (unpaired) electrons. The molecule has 0 aromatic carbocycles. The van der Waals surface area contributed by atoms with Gasteiger partial charge in [0.1, 0.15) is 5.69 Å². The summed E-state index contributed by atoms with van der Waals surface area (Å²) in [4.78, 5) is 17.9. The average molecular weight is 425 g/mol. The van der Waals surface area contributed by atoms with Gasteiger partial charge in [0, 0.05) is 24.8 Å². The molecule has 3 fully saturated rings. The van der Waals surface area contributed by atoms with Crippen LogP contribution in [0.25, 0.3) is 0 Å². The van der Waals surface area contributed by atoms with Crippen molar-refractivity contribution in [2.45, 2.75) is 56.5 Å². The molecule has 2 N–H and O–H groups in total. The average Bonchev–Trinajstić information content (AvgIpc) is 3.25. The van der Waals surface area contributed by atoms with Crippen molar-refractivity contribution in [1.29, 1.82) is 0 Å². The van der Waals surface area contributed by atoms with Crippen molar-refractivity contribution in [2.75, 3.05) is 52.9 Å². The highest BCUT2D eigenvalue weighted by Gasteiger charge is 2.40. The van der Waals surface area contributed by atoms with Gasteiger partial charge in [0.05, 0.1) is 6.04 Å². The number of hydrogen-bond donors (Lipinski definition) is 2. The van der Waals surface area contributed by atoms with Crippen LogP contribution in [0.2, 0.25) is 0 Å². The number of nitrogens with one attached hydrogen (secondary N) is 2. The van der Waals surface area contributed by atoms with Gasteiger partial charge in [-0.2, -0.15) is 5.10 Å². The van der Waals surface area contributed by atoms with Crippen molar-refractivity contribution in [3.05, 3.63) is 18.0 Å². The molecule has 0 spiro atoms. The molecule has 4 rings (SSSR count). The molecule has 3 aliphatic rings. The summed E-state index contributed by atoms with van der Waals surface area (Å²) in [6.07, 6.45) is 10.4. The third-order valence-electron chi connectivity index (χ3n) is 7.01. The van der Waals surface area contributed by atoms with Gasteiger partial charge < -0.3 is 15.5 Å². The van der Waals surface area contributed by atoms with Crippen molar-refractivity contribution in [3.63, 3.8) is 0 Å². The zero-order valence-electron chi connectivity index (χ0n) is 17.7. The fraction of sp³-hybridized carbons (Fsp3) is 0.810. The quantitative estimate of drug-likeness (QED) is 0.755. The van der Waals surface area contributed by atoms with E-state index in [4.69, 9.17) is 0 Å². The molecule has 1 atom stereocenters. The molecule has 1 aromatic heterocycles. The van der Waals surface area contributed by atoms with E-state index in [0.29, 0.717) is 11.7 Å². The summed E-state index contributed by atoms with van der Waals surface area (Å²) in [5.74, 6) is -0.0298. The molecule has 1 amide bonds. The first-order valence-electron chi connectivity index (χ1n) is 11.1. The number of carbonyl (C=O) groups is 1. The van der Waals surface area contributed by atoms with E-state index in [0.717, 1.165) is 52.0 Å². The van der Waals surface area contributed by atoms with Crippen LogP contribution in [0, 0.1) is 0 Å². The number of amides is 1. The maximum atomic E-state index is 12.8. The summed E-state index contributed by atoms with van der Waals surface area (Å²) in [5.41, 5.74) is 0.658. The van der Waals surface area contributed by atoms with Gasteiger partial charge in [0.25, 0.3) is 5.91 Å². The Labute approximate surface area is 181 Å². The standard InChI is InChI=1S/C21H36N6O.ClH/c1-25-14-8-21(9-15-25,26-11-3-2-4-12-26)17-23-20(28)19-7-13-27(24-19)18-6-5-10-22-16-18;/h7,13,18,22H,2-6,8-12,14-17H2,1H3,(H,23,28);1H. The van der Waals surface area contributed by atoms with E-state index >= 15 is 0 Å². The zero-order chi connectivity index (χ0) is 19.4. The molecule has 164 valence electrons. The van der Waals surface area contributed by atoms with Crippen LogP contribution in [0.15, 0.2) is 12.3 Å². The van der Waals surface area contributed by atoms with Gasteiger partial charge in [-0.15, -0.1) is 12.4 Å². The van der Waals surface area contributed by atoms with E-state index in [-0.39, 0.29) is 23.9 Å². The Kier molecular flexibility index (Phi) is 7.96. The maximum absolute atomic E-state index is 12.8. The molecule has 0 aliphatic carbocycles. The molecule has 29 heavy (non-hydrogen) atoms. The molecule has 7 nitrogen and oxygen atoms in total. The number of hydrogen-bond acceptors (Lipinski definition) is 5. The highest BCUT2D eigenvalue weighted by atomic mass is 35.5. The Hall–Kier alpha value is -1.15. The number of nitrogens with zero attached hydrogens (tertiary/aromatic N) is 4. The first-order chi connectivity index (χ1) is 13.7. The predicted octanol–water partition coefficient (Wildman–Crippen LogP) is 1.91. The van der Waals surface area contributed by atoms with Gasteiger partial charge in [0.15, 0.2) is 0 Å². The molecule has 1 aromatic rings. The van der Waals surface area contributed by atoms with Crippen molar-refractivity contribution in [3.8, 4) is 0 Å². The van der Waals surface area contributed by atoms with Crippen LogP contribution in [0.5, 0.6) is 0 Å². The van der Waals surface area contributed by atoms with Crippen molar-refractivity contribution in [1.82, 2.24) is 30.2 Å². The molecule has 8 heteroatoms. The molecule has 0 saturated carbocycles. The van der Waals surface area contributed by atoms with Crippen LogP contribution in [0.3, 0.4) is 0 Å². The third-order valence-corrected chi connectivity index (χ3v) is 7.01. The molecule has 4 heterocycles. The first-order valence-corrected chi connectivity index (χ1v) is 11.1. The lowest BCUT2D eigenvalue weighted by Gasteiger charge is -2.50. The normalized spacial score (nSPS) is 25.9. The minimum absolute atomic E-state index is 0. The lowest BCUT2D eigenvalue weighted by atomic mass is 9.84. The van der Waals surface area contributed by atoms with Crippen LogP contribution in [-0.2, 0) is 0 Å². The number of likely N-dealkylation sites (tertiary alicyclic amines) is 2. The van der Waals surface area contributed by atoms with E-state index in [1.165, 1.54) is 38.8 Å². The predicted molar refractivity (Wildman–Crippen MR) is 118 cm³/mol. The second-order valence-electron chi connectivity index (χ2n) is 8.94. The van der Waals surface area contributed by atoms with Crippen molar-refractivity contribution in [2.24, 2.45) is 0 Å². The largest absolute Gasteiger partial charge is 0.349 e. The highest BCUT2D eigenvalue weighted by molar-refractivity contribution is 5.92. The number of piperidine rings is 3. The number of halogens is 1. The summed E-state index contributed by atoms with van der Waals surface area (Å²) in [7, 11) is 2.20. The number of aromatic nitrogens is 2. The van der Waals surface area contributed by atoms with Crippen LogP contribution < -0.4 is 10.6 Å². The third kappa shape index (κ3) is 5.32. The van der Waals surface area contributed by atoms with Crippen molar-refractivity contribution < 1.29 is 4.79 Å². The second-order valence-corrected chi connectivity index (χ2v) is 8.94. The molecule has 3 saturated heterocycles. The maximum Gasteiger partial charge on any atom is 0.271 e. The lowest BCUT2D eigenvalue weighted by molar-refractivity contribution is 0.0144. The Morgan fingerprint density at radius 1 is 1.21 bits per heavy atom. The first kappa shape index (κ1) is 22.5. The van der Waals surface area contributed by atoms with E-state index < -0.39 is 0 Å². The number of rotatable bonds is 5. The van der Waals surface area contributed by atoms with E-state index in [9.17, 15) is 4.79 Å². The van der Waals surface area contributed by atoms with Gasteiger partial charge in [-0.25, -0.2) is 0 Å². The molecular weight excluding hydrogens is 388 g/mol.